The molecule has 2 heterocycles. The van der Waals surface area contributed by atoms with Gasteiger partial charge in [0.2, 0.25) is 5.91 Å². The van der Waals surface area contributed by atoms with Crippen molar-refractivity contribution in [2.24, 2.45) is 5.92 Å². The first-order chi connectivity index (χ1) is 13.5. The molecule has 1 aromatic carbocycles. The molecule has 1 aliphatic rings. The molecule has 9 heteroatoms. The van der Waals surface area contributed by atoms with Crippen LogP contribution in [0.1, 0.15) is 6.42 Å². The van der Waals surface area contributed by atoms with E-state index in [2.05, 4.69) is 9.88 Å². The van der Waals surface area contributed by atoms with Gasteiger partial charge in [0.15, 0.2) is 5.13 Å². The Morgan fingerprint density at radius 3 is 2.75 bits per heavy atom. The number of anilines is 1. The van der Waals surface area contributed by atoms with Gasteiger partial charge < -0.3 is 9.84 Å². The van der Waals surface area contributed by atoms with Crippen molar-refractivity contribution in [2.45, 2.75) is 6.42 Å². The number of ether oxygens (including phenoxy) is 1. The number of morpholine rings is 1. The number of amides is 1. The minimum Gasteiger partial charge on any atom is -0.481 e. The van der Waals surface area contributed by atoms with Crippen LogP contribution >= 0.6 is 22.9 Å². The maximum atomic E-state index is 13.0. The molecule has 1 unspecified atom stereocenters. The van der Waals surface area contributed by atoms with Crippen LogP contribution in [0.5, 0.6) is 0 Å². The molecule has 1 fully saturated rings. The van der Waals surface area contributed by atoms with Crippen molar-refractivity contribution in [3.63, 3.8) is 0 Å². The smallest absolute Gasteiger partial charge is 0.304 e. The number of halogens is 1. The first-order valence-corrected chi connectivity index (χ1v) is 10.2. The molecule has 1 aliphatic heterocycles. The van der Waals surface area contributed by atoms with Crippen molar-refractivity contribution in [3.05, 3.63) is 34.7 Å². The monoisotopic (exact) mass is 423 g/mol. The lowest BCUT2D eigenvalue weighted by Gasteiger charge is -2.30. The third-order valence-electron chi connectivity index (χ3n) is 4.61. The average Bonchev–Trinajstić information content (AvgIpc) is 3.17. The quantitative estimate of drug-likeness (QED) is 0.737. The van der Waals surface area contributed by atoms with Crippen LogP contribution in [0.15, 0.2) is 29.6 Å². The molecule has 2 aromatic rings. The topological polar surface area (TPSA) is 83.0 Å². The highest BCUT2D eigenvalue weighted by Gasteiger charge is 2.29. The van der Waals surface area contributed by atoms with E-state index in [9.17, 15) is 14.7 Å². The Kier molecular flexibility index (Phi) is 7.01. The third kappa shape index (κ3) is 5.08. The van der Waals surface area contributed by atoms with Gasteiger partial charge in [-0.2, -0.15) is 0 Å². The lowest BCUT2D eigenvalue weighted by molar-refractivity contribution is -0.141. The number of carboxylic acid groups (broad SMARTS) is 1. The van der Waals surface area contributed by atoms with Gasteiger partial charge in [-0.1, -0.05) is 29.8 Å². The Hall–Kier alpha value is -2.00. The first kappa shape index (κ1) is 20.7. The van der Waals surface area contributed by atoms with Crippen molar-refractivity contribution in [1.82, 2.24) is 9.88 Å². The van der Waals surface area contributed by atoms with Gasteiger partial charge >= 0.3 is 5.97 Å². The van der Waals surface area contributed by atoms with E-state index >= 15 is 0 Å². The molecule has 0 spiro atoms. The zero-order valence-electron chi connectivity index (χ0n) is 15.5. The molecule has 1 N–H and O–H groups in total. The van der Waals surface area contributed by atoms with Crippen molar-refractivity contribution in [1.29, 1.82) is 0 Å². The largest absolute Gasteiger partial charge is 0.481 e. The number of thiazole rings is 1. The standard InChI is InChI=1S/C19H22ClN3O4S/c1-22(19-21-16(12-28-19)14-4-2-3-5-15(14)20)18(26)13(10-17(24)25)11-23-6-8-27-9-7-23/h2-5,12-13H,6-11H2,1H3,(H,24,25). The fraction of sp³-hybridized carbons (Fsp3) is 0.421. The van der Waals surface area contributed by atoms with Gasteiger partial charge in [-0.25, -0.2) is 4.98 Å². The fourth-order valence-corrected chi connectivity index (χ4v) is 4.14. The summed E-state index contributed by atoms with van der Waals surface area (Å²) in [4.78, 5) is 32.4. The van der Waals surface area contributed by atoms with E-state index in [1.165, 1.54) is 16.2 Å². The number of aliphatic carboxylic acids is 1. The average molecular weight is 424 g/mol. The molecule has 1 atom stereocenters. The number of hydrogen-bond acceptors (Lipinski definition) is 6. The number of rotatable bonds is 7. The number of carbonyl (C=O) groups excluding carboxylic acids is 1. The van der Waals surface area contributed by atoms with Crippen molar-refractivity contribution in [2.75, 3.05) is 44.8 Å². The Balaban J connectivity index is 1.75. The van der Waals surface area contributed by atoms with E-state index in [1.807, 2.05) is 23.6 Å². The summed E-state index contributed by atoms with van der Waals surface area (Å²) in [5.41, 5.74) is 1.48. The highest BCUT2D eigenvalue weighted by atomic mass is 35.5. The Bertz CT molecular complexity index is 838. The molecular formula is C19H22ClN3O4S. The van der Waals surface area contributed by atoms with Gasteiger partial charge in [-0.05, 0) is 6.07 Å². The van der Waals surface area contributed by atoms with E-state index < -0.39 is 11.9 Å². The van der Waals surface area contributed by atoms with Crippen molar-refractivity contribution in [3.8, 4) is 11.3 Å². The third-order valence-corrected chi connectivity index (χ3v) is 5.86. The number of carbonyl (C=O) groups is 2. The maximum absolute atomic E-state index is 13.0. The zero-order chi connectivity index (χ0) is 20.1. The first-order valence-electron chi connectivity index (χ1n) is 8.95. The zero-order valence-corrected chi connectivity index (χ0v) is 17.1. The summed E-state index contributed by atoms with van der Waals surface area (Å²) in [5.74, 6) is -1.89. The molecule has 1 saturated heterocycles. The van der Waals surface area contributed by atoms with Crippen molar-refractivity contribution >= 4 is 39.9 Å². The lowest BCUT2D eigenvalue weighted by atomic mass is 10.0. The van der Waals surface area contributed by atoms with Gasteiger partial charge in [-0.15, -0.1) is 11.3 Å². The van der Waals surface area contributed by atoms with Gasteiger partial charge in [0, 0.05) is 42.6 Å². The van der Waals surface area contributed by atoms with Crippen LogP contribution < -0.4 is 4.90 Å². The molecule has 7 nitrogen and oxygen atoms in total. The van der Waals surface area contributed by atoms with Gasteiger partial charge in [0.1, 0.15) is 0 Å². The molecular weight excluding hydrogens is 402 g/mol. The van der Waals surface area contributed by atoms with Crippen LogP contribution in [-0.4, -0.2) is 66.8 Å². The number of nitrogens with zero attached hydrogens (tertiary/aromatic N) is 3. The summed E-state index contributed by atoms with van der Waals surface area (Å²) in [6, 6.07) is 7.38. The number of hydrogen-bond donors (Lipinski definition) is 1. The highest BCUT2D eigenvalue weighted by Crippen LogP contribution is 2.32. The minimum atomic E-state index is -0.990. The van der Waals surface area contributed by atoms with E-state index in [-0.39, 0.29) is 12.3 Å². The van der Waals surface area contributed by atoms with E-state index in [1.54, 1.807) is 13.1 Å². The van der Waals surface area contributed by atoms with Gasteiger partial charge in [-0.3, -0.25) is 19.4 Å². The summed E-state index contributed by atoms with van der Waals surface area (Å²) >= 11 is 7.56. The van der Waals surface area contributed by atoms with Gasteiger partial charge in [0.25, 0.3) is 0 Å². The molecule has 0 radical (unpaired) electrons. The van der Waals surface area contributed by atoms with Crippen LogP contribution in [0.3, 0.4) is 0 Å². The number of aromatic nitrogens is 1. The Morgan fingerprint density at radius 2 is 2.07 bits per heavy atom. The van der Waals surface area contributed by atoms with Crippen LogP contribution in [0.2, 0.25) is 5.02 Å². The molecule has 0 bridgehead atoms. The summed E-state index contributed by atoms with van der Waals surface area (Å²) in [5, 5.41) is 12.2. The van der Waals surface area contributed by atoms with Crippen molar-refractivity contribution < 1.29 is 19.4 Å². The van der Waals surface area contributed by atoms with Gasteiger partial charge in [0.05, 0.1) is 31.2 Å². The SMILES string of the molecule is CN(C(=O)C(CC(=O)O)CN1CCOCC1)c1nc(-c2ccccc2Cl)cs1. The molecule has 0 saturated carbocycles. The molecule has 150 valence electrons. The Morgan fingerprint density at radius 1 is 1.36 bits per heavy atom. The highest BCUT2D eigenvalue weighted by molar-refractivity contribution is 7.14. The summed E-state index contributed by atoms with van der Waals surface area (Å²) < 4.78 is 5.32. The van der Waals surface area contributed by atoms with Crippen LogP contribution in [-0.2, 0) is 14.3 Å². The van der Waals surface area contributed by atoms with Crippen LogP contribution in [0, 0.1) is 5.92 Å². The minimum absolute atomic E-state index is 0.219. The summed E-state index contributed by atoms with van der Waals surface area (Å²) in [6.07, 6.45) is -0.219. The number of benzene rings is 1. The predicted molar refractivity (Wildman–Crippen MR) is 109 cm³/mol. The molecule has 28 heavy (non-hydrogen) atoms. The van der Waals surface area contributed by atoms with E-state index in [0.717, 1.165) is 5.56 Å². The molecule has 1 amide bonds. The second-order valence-corrected chi connectivity index (χ2v) is 7.84. The summed E-state index contributed by atoms with van der Waals surface area (Å²) in [7, 11) is 1.63. The second kappa shape index (κ2) is 9.47. The predicted octanol–water partition coefficient (Wildman–Crippen LogP) is 2.85. The maximum Gasteiger partial charge on any atom is 0.304 e. The lowest BCUT2D eigenvalue weighted by Crippen LogP contribution is -2.44. The molecule has 1 aromatic heterocycles. The molecule has 3 rings (SSSR count). The normalized spacial score (nSPS) is 15.9. The fourth-order valence-electron chi connectivity index (χ4n) is 3.12. The second-order valence-electron chi connectivity index (χ2n) is 6.60. The van der Waals surface area contributed by atoms with Crippen LogP contribution in [0.25, 0.3) is 11.3 Å². The van der Waals surface area contributed by atoms with Crippen LogP contribution in [0.4, 0.5) is 5.13 Å². The van der Waals surface area contributed by atoms with E-state index in [4.69, 9.17) is 16.3 Å². The Labute approximate surface area is 172 Å². The summed E-state index contributed by atoms with van der Waals surface area (Å²) in [6.45, 7) is 2.97. The number of carboxylic acids is 1. The van der Waals surface area contributed by atoms with E-state index in [0.29, 0.717) is 48.7 Å². The molecule has 0 aliphatic carbocycles.